The molecule has 2 fully saturated rings. The molecule has 0 spiro atoms. The monoisotopic (exact) mass is 324 g/mol. The Kier molecular flexibility index (Phi) is 4.23. The van der Waals surface area contributed by atoms with Crippen LogP contribution in [-0.2, 0) is 0 Å². The second kappa shape index (κ2) is 5.98. The van der Waals surface area contributed by atoms with Gasteiger partial charge in [0.2, 0.25) is 0 Å². The lowest BCUT2D eigenvalue weighted by molar-refractivity contribution is 0.0954. The lowest BCUT2D eigenvalue weighted by Gasteiger charge is -2.21. The molecule has 3 nitrogen and oxygen atoms in total. The van der Waals surface area contributed by atoms with Gasteiger partial charge in [-0.2, -0.15) is 5.10 Å². The number of carbonyl (C=O) groups excluding carboxylic acids is 1. The average Bonchev–Trinajstić information content (AvgIpc) is 3.10. The molecule has 0 saturated heterocycles. The summed E-state index contributed by atoms with van der Waals surface area (Å²) in [5.41, 5.74) is 4.13. The Bertz CT molecular complexity index is 600. The minimum atomic E-state index is -0.254. The van der Waals surface area contributed by atoms with Gasteiger partial charge in [-0.1, -0.05) is 29.6 Å². The van der Waals surface area contributed by atoms with Crippen LogP contribution < -0.4 is 5.43 Å². The molecule has 2 aliphatic carbocycles. The number of amides is 1. The van der Waals surface area contributed by atoms with Crippen LogP contribution >= 0.6 is 23.2 Å². The van der Waals surface area contributed by atoms with E-state index >= 15 is 0 Å². The lowest BCUT2D eigenvalue weighted by atomic mass is 9.86. The minimum Gasteiger partial charge on any atom is -0.267 e. The molecule has 1 aromatic carbocycles. The standard InChI is InChI=1S/C16H18Cl2N2O/c1-9(13-7-10-2-3-11(13)6-10)19-20-16(21)12-4-5-14(17)15(18)8-12/h4-5,8,10-11,13H,2-3,6-7H2,1H3,(H,20,21)/b19-9-/t10-,11+,13+/m0/s1. The Morgan fingerprint density at radius 3 is 2.67 bits per heavy atom. The molecule has 3 rings (SSSR count). The molecule has 2 bridgehead atoms. The molecule has 3 atom stereocenters. The number of hydrogen-bond acceptors (Lipinski definition) is 2. The summed E-state index contributed by atoms with van der Waals surface area (Å²) in [5, 5.41) is 5.11. The van der Waals surface area contributed by atoms with Gasteiger partial charge < -0.3 is 0 Å². The zero-order chi connectivity index (χ0) is 15.0. The van der Waals surface area contributed by atoms with E-state index in [2.05, 4.69) is 10.5 Å². The summed E-state index contributed by atoms with van der Waals surface area (Å²) in [6.07, 6.45) is 5.23. The molecule has 5 heteroatoms. The third-order valence-corrected chi connectivity index (χ3v) is 5.53. The van der Waals surface area contributed by atoms with Crippen LogP contribution in [0.5, 0.6) is 0 Å². The molecule has 0 aliphatic heterocycles. The van der Waals surface area contributed by atoms with E-state index in [1.54, 1.807) is 18.2 Å². The highest BCUT2D eigenvalue weighted by Crippen LogP contribution is 2.48. The molecular weight excluding hydrogens is 307 g/mol. The van der Waals surface area contributed by atoms with E-state index in [0.29, 0.717) is 21.5 Å². The summed E-state index contributed by atoms with van der Waals surface area (Å²) in [6.45, 7) is 2.01. The second-order valence-corrected chi connectivity index (χ2v) is 6.92. The van der Waals surface area contributed by atoms with Crippen molar-refractivity contribution in [3.63, 3.8) is 0 Å². The number of hydrazone groups is 1. The Labute approximate surface area is 134 Å². The third kappa shape index (κ3) is 3.09. The third-order valence-electron chi connectivity index (χ3n) is 4.79. The molecule has 0 unspecified atom stereocenters. The van der Waals surface area contributed by atoms with Gasteiger partial charge in [-0.05, 0) is 56.2 Å². The van der Waals surface area contributed by atoms with E-state index in [4.69, 9.17) is 23.2 Å². The van der Waals surface area contributed by atoms with E-state index in [0.717, 1.165) is 17.5 Å². The van der Waals surface area contributed by atoms with Gasteiger partial charge in [0.15, 0.2) is 0 Å². The van der Waals surface area contributed by atoms with Crippen molar-refractivity contribution in [2.45, 2.75) is 32.6 Å². The molecule has 112 valence electrons. The predicted molar refractivity (Wildman–Crippen MR) is 86.0 cm³/mol. The number of benzene rings is 1. The molecule has 1 aromatic rings. The first-order chi connectivity index (χ1) is 10.0. The topological polar surface area (TPSA) is 41.5 Å². The van der Waals surface area contributed by atoms with Gasteiger partial charge >= 0.3 is 0 Å². The van der Waals surface area contributed by atoms with E-state index < -0.39 is 0 Å². The highest BCUT2D eigenvalue weighted by Gasteiger charge is 2.40. The summed E-state index contributed by atoms with van der Waals surface area (Å²) >= 11 is 11.8. The van der Waals surface area contributed by atoms with Crippen LogP contribution in [-0.4, -0.2) is 11.6 Å². The van der Waals surface area contributed by atoms with Crippen LogP contribution in [0.3, 0.4) is 0 Å². The fourth-order valence-electron chi connectivity index (χ4n) is 3.68. The zero-order valence-corrected chi connectivity index (χ0v) is 13.4. The number of hydrogen-bond donors (Lipinski definition) is 1. The summed E-state index contributed by atoms with van der Waals surface area (Å²) in [6, 6.07) is 4.82. The second-order valence-electron chi connectivity index (χ2n) is 6.10. The van der Waals surface area contributed by atoms with Gasteiger partial charge in [0.25, 0.3) is 5.91 Å². The van der Waals surface area contributed by atoms with Crippen molar-refractivity contribution in [3.05, 3.63) is 33.8 Å². The Morgan fingerprint density at radius 1 is 1.24 bits per heavy atom. The van der Waals surface area contributed by atoms with Gasteiger partial charge in [-0.15, -0.1) is 0 Å². The van der Waals surface area contributed by atoms with Gasteiger partial charge in [-0.25, -0.2) is 5.43 Å². The molecule has 2 aliphatic rings. The van der Waals surface area contributed by atoms with Crippen LogP contribution in [0, 0.1) is 17.8 Å². The van der Waals surface area contributed by atoms with Crippen LogP contribution in [0.25, 0.3) is 0 Å². The number of rotatable bonds is 3. The number of fused-ring (bicyclic) bond motifs is 2. The fourth-order valence-corrected chi connectivity index (χ4v) is 3.98. The maximum Gasteiger partial charge on any atom is 0.271 e. The van der Waals surface area contributed by atoms with Crippen molar-refractivity contribution in [3.8, 4) is 0 Å². The van der Waals surface area contributed by atoms with E-state index in [9.17, 15) is 4.79 Å². The Morgan fingerprint density at radius 2 is 2.05 bits per heavy atom. The van der Waals surface area contributed by atoms with Crippen molar-refractivity contribution in [2.24, 2.45) is 22.9 Å². The number of nitrogens with one attached hydrogen (secondary N) is 1. The summed E-state index contributed by atoms with van der Waals surface area (Å²) in [7, 11) is 0. The van der Waals surface area contributed by atoms with Crippen molar-refractivity contribution >= 4 is 34.8 Å². The quantitative estimate of drug-likeness (QED) is 0.643. The van der Waals surface area contributed by atoms with Crippen LogP contribution in [0.15, 0.2) is 23.3 Å². The Balaban J connectivity index is 1.64. The zero-order valence-electron chi connectivity index (χ0n) is 11.9. The molecule has 0 radical (unpaired) electrons. The maximum absolute atomic E-state index is 12.1. The maximum atomic E-state index is 12.1. The van der Waals surface area contributed by atoms with Gasteiger partial charge in [0.05, 0.1) is 10.0 Å². The molecule has 1 N–H and O–H groups in total. The van der Waals surface area contributed by atoms with E-state index in [1.165, 1.54) is 25.7 Å². The molecule has 2 saturated carbocycles. The van der Waals surface area contributed by atoms with Gasteiger partial charge in [0, 0.05) is 17.2 Å². The normalized spacial score (nSPS) is 28.0. The summed E-state index contributed by atoms with van der Waals surface area (Å²) in [4.78, 5) is 12.1. The largest absolute Gasteiger partial charge is 0.271 e. The van der Waals surface area contributed by atoms with Crippen molar-refractivity contribution in [2.75, 3.05) is 0 Å². The molecule has 0 heterocycles. The van der Waals surface area contributed by atoms with Crippen LogP contribution in [0.1, 0.15) is 43.0 Å². The number of halogens is 2. The molecule has 1 amide bonds. The van der Waals surface area contributed by atoms with Crippen molar-refractivity contribution < 1.29 is 4.79 Å². The molecular formula is C16H18Cl2N2O. The SMILES string of the molecule is C/C(=N/NC(=O)c1ccc(Cl)c(Cl)c1)[C@H]1C[C@H]2CC[C@@H]1C2. The Hall–Kier alpha value is -1.06. The minimum absolute atomic E-state index is 0.254. The highest BCUT2D eigenvalue weighted by atomic mass is 35.5. The van der Waals surface area contributed by atoms with Crippen LogP contribution in [0.2, 0.25) is 10.0 Å². The first-order valence-corrected chi connectivity index (χ1v) is 8.09. The smallest absolute Gasteiger partial charge is 0.267 e. The number of nitrogens with zero attached hydrogens (tertiary/aromatic N) is 1. The first kappa shape index (κ1) is 14.9. The van der Waals surface area contributed by atoms with Gasteiger partial charge in [0.1, 0.15) is 0 Å². The number of carbonyl (C=O) groups is 1. The fraction of sp³-hybridized carbons (Fsp3) is 0.500. The first-order valence-electron chi connectivity index (χ1n) is 7.34. The predicted octanol–water partition coefficient (Wildman–Crippen LogP) is 4.54. The van der Waals surface area contributed by atoms with Crippen LogP contribution in [0.4, 0.5) is 0 Å². The van der Waals surface area contributed by atoms with E-state index in [-0.39, 0.29) is 5.91 Å². The van der Waals surface area contributed by atoms with Crippen molar-refractivity contribution in [1.29, 1.82) is 0 Å². The van der Waals surface area contributed by atoms with Gasteiger partial charge in [-0.3, -0.25) is 4.79 Å². The summed E-state index contributed by atoms with van der Waals surface area (Å²) < 4.78 is 0. The average molecular weight is 325 g/mol. The summed E-state index contributed by atoms with van der Waals surface area (Å²) in [5.74, 6) is 1.92. The molecule has 0 aromatic heterocycles. The molecule has 21 heavy (non-hydrogen) atoms. The van der Waals surface area contributed by atoms with Crippen molar-refractivity contribution in [1.82, 2.24) is 5.43 Å². The highest BCUT2D eigenvalue weighted by molar-refractivity contribution is 6.42. The lowest BCUT2D eigenvalue weighted by Crippen LogP contribution is -2.24. The van der Waals surface area contributed by atoms with E-state index in [1.807, 2.05) is 6.92 Å².